The second-order valence-corrected chi connectivity index (χ2v) is 3.59. The number of hydrogen-bond donors (Lipinski definition) is 1. The van der Waals surface area contributed by atoms with Crippen molar-refractivity contribution >= 4 is 28.7 Å². The van der Waals surface area contributed by atoms with Crippen molar-refractivity contribution in [3.05, 3.63) is 39.5 Å². The first-order valence-corrected chi connectivity index (χ1v) is 4.52. The lowest BCUT2D eigenvalue weighted by atomic mass is 10.2. The molecule has 2 N–H and O–H groups in total. The van der Waals surface area contributed by atoms with E-state index in [9.17, 15) is 0 Å². The predicted octanol–water partition coefficient (Wildman–Crippen LogP) is 2.42. The van der Waals surface area contributed by atoms with E-state index in [4.69, 9.17) is 5.73 Å². The van der Waals surface area contributed by atoms with Crippen LogP contribution in [0.25, 0.3) is 6.08 Å². The minimum absolute atomic E-state index is 0.620. The molecular weight excluding hydrogens is 249 g/mol. The van der Waals surface area contributed by atoms with Gasteiger partial charge in [0.2, 0.25) is 0 Å². The number of benzene rings is 1. The smallest absolute Gasteiger partial charge is 0.0237 e. The fourth-order valence-electron chi connectivity index (χ4n) is 0.789. The zero-order valence-electron chi connectivity index (χ0n) is 6.13. The van der Waals surface area contributed by atoms with Crippen LogP contribution in [0.1, 0.15) is 5.56 Å². The second kappa shape index (κ2) is 4.51. The van der Waals surface area contributed by atoms with Gasteiger partial charge in [0.15, 0.2) is 0 Å². The molecule has 0 aliphatic rings. The molecule has 11 heavy (non-hydrogen) atoms. The van der Waals surface area contributed by atoms with Gasteiger partial charge in [-0.25, -0.2) is 0 Å². The van der Waals surface area contributed by atoms with Crippen LogP contribution in [0.4, 0.5) is 0 Å². The highest BCUT2D eigenvalue weighted by atomic mass is 127. The summed E-state index contributed by atoms with van der Waals surface area (Å²) in [4.78, 5) is 0. The van der Waals surface area contributed by atoms with E-state index >= 15 is 0 Å². The molecule has 1 nitrogen and oxygen atoms in total. The molecule has 1 aromatic carbocycles. The molecule has 58 valence electrons. The van der Waals surface area contributed by atoms with Gasteiger partial charge in [-0.15, -0.1) is 0 Å². The van der Waals surface area contributed by atoms with Crippen LogP contribution < -0.4 is 5.73 Å². The highest BCUT2D eigenvalue weighted by molar-refractivity contribution is 14.1. The van der Waals surface area contributed by atoms with Crippen molar-refractivity contribution < 1.29 is 0 Å². The van der Waals surface area contributed by atoms with Crippen molar-refractivity contribution in [1.82, 2.24) is 0 Å². The molecule has 0 amide bonds. The molecule has 0 spiro atoms. The van der Waals surface area contributed by atoms with Gasteiger partial charge in [0.05, 0.1) is 0 Å². The van der Waals surface area contributed by atoms with Gasteiger partial charge in [-0.05, 0) is 34.2 Å². The van der Waals surface area contributed by atoms with Crippen molar-refractivity contribution in [1.29, 1.82) is 0 Å². The minimum Gasteiger partial charge on any atom is -0.326 e. The predicted molar refractivity (Wildman–Crippen MR) is 57.5 cm³/mol. The third-order valence-electron chi connectivity index (χ3n) is 1.32. The number of halogens is 1. The quantitative estimate of drug-likeness (QED) is 0.811. The monoisotopic (exact) mass is 259 g/mol. The molecule has 0 saturated heterocycles. The van der Waals surface area contributed by atoms with E-state index in [1.165, 1.54) is 9.14 Å². The van der Waals surface area contributed by atoms with Gasteiger partial charge < -0.3 is 5.73 Å². The van der Waals surface area contributed by atoms with Crippen molar-refractivity contribution in [2.24, 2.45) is 5.73 Å². The average Bonchev–Trinajstić information content (AvgIpc) is 2.06. The van der Waals surface area contributed by atoms with Crippen molar-refractivity contribution in [2.75, 3.05) is 6.54 Å². The standard InChI is InChI=1S/C9H10IN/c10-9(7-11)6-8-4-2-1-3-5-8/h1-6H,7,11H2/b9-6-. The van der Waals surface area contributed by atoms with Gasteiger partial charge in [-0.1, -0.05) is 30.3 Å². The second-order valence-electron chi connectivity index (χ2n) is 2.21. The molecule has 0 aromatic heterocycles. The van der Waals surface area contributed by atoms with E-state index in [1.807, 2.05) is 18.2 Å². The van der Waals surface area contributed by atoms with Crippen LogP contribution in [0.5, 0.6) is 0 Å². The number of hydrogen-bond acceptors (Lipinski definition) is 1. The first-order valence-electron chi connectivity index (χ1n) is 3.44. The normalized spacial score (nSPS) is 11.6. The zero-order chi connectivity index (χ0) is 8.10. The topological polar surface area (TPSA) is 26.0 Å². The van der Waals surface area contributed by atoms with Crippen LogP contribution in [-0.2, 0) is 0 Å². The van der Waals surface area contributed by atoms with E-state index in [-0.39, 0.29) is 0 Å². The van der Waals surface area contributed by atoms with Crippen LogP contribution >= 0.6 is 22.6 Å². The fourth-order valence-corrected chi connectivity index (χ4v) is 1.15. The third-order valence-corrected chi connectivity index (χ3v) is 2.07. The first-order chi connectivity index (χ1) is 5.33. The fraction of sp³-hybridized carbons (Fsp3) is 0.111. The summed E-state index contributed by atoms with van der Waals surface area (Å²) in [7, 11) is 0. The Bertz CT molecular complexity index is 241. The Labute approximate surface area is 80.4 Å². The minimum atomic E-state index is 0.620. The average molecular weight is 259 g/mol. The van der Waals surface area contributed by atoms with Gasteiger partial charge in [0, 0.05) is 10.1 Å². The van der Waals surface area contributed by atoms with E-state index in [0.29, 0.717) is 6.54 Å². The number of nitrogens with two attached hydrogens (primary N) is 1. The summed E-state index contributed by atoms with van der Waals surface area (Å²) in [5, 5.41) is 0. The Balaban J connectivity index is 2.79. The molecule has 0 atom stereocenters. The Hall–Kier alpha value is -0.350. The van der Waals surface area contributed by atoms with E-state index in [1.54, 1.807) is 0 Å². The molecule has 0 saturated carbocycles. The van der Waals surface area contributed by atoms with Crippen LogP contribution in [0.15, 0.2) is 33.9 Å². The molecule has 0 heterocycles. The Morgan fingerprint density at radius 2 is 2.00 bits per heavy atom. The highest BCUT2D eigenvalue weighted by Crippen LogP contribution is 2.10. The molecule has 1 aromatic rings. The van der Waals surface area contributed by atoms with Gasteiger partial charge >= 0.3 is 0 Å². The van der Waals surface area contributed by atoms with Crippen LogP contribution in [0.3, 0.4) is 0 Å². The maximum absolute atomic E-state index is 5.44. The summed E-state index contributed by atoms with van der Waals surface area (Å²) in [5.74, 6) is 0. The molecular formula is C9H10IN. The summed E-state index contributed by atoms with van der Waals surface area (Å²) in [6.07, 6.45) is 2.08. The van der Waals surface area contributed by atoms with Gasteiger partial charge in [0.1, 0.15) is 0 Å². The molecule has 0 unspecified atom stereocenters. The van der Waals surface area contributed by atoms with Gasteiger partial charge in [-0.2, -0.15) is 0 Å². The molecule has 0 fully saturated rings. The Morgan fingerprint density at radius 3 is 2.55 bits per heavy atom. The zero-order valence-corrected chi connectivity index (χ0v) is 8.28. The molecule has 1 rings (SSSR count). The Morgan fingerprint density at radius 1 is 1.36 bits per heavy atom. The van der Waals surface area contributed by atoms with E-state index < -0.39 is 0 Å². The van der Waals surface area contributed by atoms with Crippen molar-refractivity contribution in [3.8, 4) is 0 Å². The van der Waals surface area contributed by atoms with Crippen molar-refractivity contribution in [2.45, 2.75) is 0 Å². The van der Waals surface area contributed by atoms with Crippen molar-refractivity contribution in [3.63, 3.8) is 0 Å². The maximum atomic E-state index is 5.44. The largest absolute Gasteiger partial charge is 0.326 e. The lowest BCUT2D eigenvalue weighted by Gasteiger charge is -1.93. The molecule has 0 bridgehead atoms. The molecule has 0 radical (unpaired) electrons. The SMILES string of the molecule is NC/C(I)=C/c1ccccc1. The van der Waals surface area contributed by atoms with Gasteiger partial charge in [0.25, 0.3) is 0 Å². The summed E-state index contributed by atoms with van der Waals surface area (Å²) >= 11 is 2.25. The van der Waals surface area contributed by atoms with E-state index in [2.05, 4.69) is 40.8 Å². The number of rotatable bonds is 2. The third kappa shape index (κ3) is 3.03. The summed E-state index contributed by atoms with van der Waals surface area (Å²) < 4.78 is 1.17. The van der Waals surface area contributed by atoms with Crippen LogP contribution in [-0.4, -0.2) is 6.54 Å². The summed E-state index contributed by atoms with van der Waals surface area (Å²) in [6.45, 7) is 0.620. The van der Waals surface area contributed by atoms with E-state index in [0.717, 1.165) is 0 Å². The van der Waals surface area contributed by atoms with Crippen LogP contribution in [0.2, 0.25) is 0 Å². The molecule has 0 aliphatic heterocycles. The lowest BCUT2D eigenvalue weighted by molar-refractivity contribution is 1.25. The van der Waals surface area contributed by atoms with Crippen LogP contribution in [0, 0.1) is 0 Å². The van der Waals surface area contributed by atoms with Gasteiger partial charge in [-0.3, -0.25) is 0 Å². The maximum Gasteiger partial charge on any atom is 0.0237 e. The summed E-state index contributed by atoms with van der Waals surface area (Å²) in [6, 6.07) is 10.2. The lowest BCUT2D eigenvalue weighted by Crippen LogP contribution is -1.96. The molecule has 0 aliphatic carbocycles. The Kier molecular flexibility index (Phi) is 3.59. The highest BCUT2D eigenvalue weighted by Gasteiger charge is 1.87. The molecule has 2 heteroatoms. The summed E-state index contributed by atoms with van der Waals surface area (Å²) in [5.41, 5.74) is 6.65. The first kappa shape index (κ1) is 8.74.